The molecule has 0 spiro atoms. The lowest BCUT2D eigenvalue weighted by molar-refractivity contribution is -0.128. The molecule has 1 unspecified atom stereocenters. The first-order valence-corrected chi connectivity index (χ1v) is 21.0. The van der Waals surface area contributed by atoms with Crippen LogP contribution in [-0.4, -0.2) is 95.5 Å². The Bertz CT molecular complexity index is 2720. The number of aromatic hydroxyl groups is 3. The number of hydrogen-bond acceptors (Lipinski definition) is 13. The summed E-state index contributed by atoms with van der Waals surface area (Å²) in [6.45, 7) is 10.7. The third-order valence-corrected chi connectivity index (χ3v) is 11.7. The Balaban J connectivity index is 0.953. The van der Waals surface area contributed by atoms with E-state index in [1.807, 2.05) is 38.1 Å². The number of phenolic OH excluding ortho intramolecular Hbond substituents is 2. The van der Waals surface area contributed by atoms with Crippen LogP contribution in [0.1, 0.15) is 55.0 Å². The molecule has 4 aromatic carbocycles. The van der Waals surface area contributed by atoms with E-state index < -0.39 is 0 Å². The molecule has 6 aromatic rings. The number of amides is 2. The van der Waals surface area contributed by atoms with E-state index >= 15 is 0 Å². The summed E-state index contributed by atoms with van der Waals surface area (Å²) in [5, 5.41) is 57.8. The smallest absolute Gasteiger partial charge is 0.319 e. The minimum Gasteiger partial charge on any atom is -0.508 e. The number of hydrogen-bond donors (Lipinski definition) is 5. The first-order valence-electron chi connectivity index (χ1n) is 21.0. The number of fused-ring (bicyclic) bond motifs is 2. The number of nitriles is 1. The van der Waals surface area contributed by atoms with Gasteiger partial charge in [-0.1, -0.05) is 74.1 Å². The molecule has 63 heavy (non-hydrogen) atoms. The number of nitrogens with zero attached hydrogens (tertiary/aromatic N) is 9. The number of carbonyl (C=O) groups is 2. The van der Waals surface area contributed by atoms with Gasteiger partial charge in [0.05, 0.1) is 42.0 Å². The van der Waals surface area contributed by atoms with Crippen molar-refractivity contribution in [2.24, 2.45) is 0 Å². The third kappa shape index (κ3) is 8.76. The van der Waals surface area contributed by atoms with Crippen LogP contribution in [0, 0.1) is 11.3 Å². The molecule has 16 heteroatoms. The Labute approximate surface area is 364 Å². The predicted molar refractivity (Wildman–Crippen MR) is 240 cm³/mol. The maximum Gasteiger partial charge on any atom is 0.319 e. The highest BCUT2D eigenvalue weighted by molar-refractivity contribution is 5.94. The Kier molecular flexibility index (Phi) is 12.1. The molecule has 0 radical (unpaired) electrons. The molecule has 1 atom stereocenters. The van der Waals surface area contributed by atoms with E-state index in [0.29, 0.717) is 55.4 Å². The quantitative estimate of drug-likeness (QED) is 0.0857. The second-order valence-electron chi connectivity index (χ2n) is 16.0. The van der Waals surface area contributed by atoms with Gasteiger partial charge >= 0.3 is 6.01 Å². The van der Waals surface area contributed by atoms with Crippen molar-refractivity contribution in [3.05, 3.63) is 114 Å². The fourth-order valence-corrected chi connectivity index (χ4v) is 8.44. The number of piperazine rings is 1. The molecule has 2 aliphatic rings. The summed E-state index contributed by atoms with van der Waals surface area (Å²) in [7, 11) is 0. The van der Waals surface area contributed by atoms with E-state index in [9.17, 15) is 30.2 Å². The Morgan fingerprint density at radius 1 is 0.952 bits per heavy atom. The average Bonchev–Trinajstić information content (AvgIpc) is 3.67. The third-order valence-electron chi connectivity index (χ3n) is 11.7. The molecular formula is C47H49N11O5. The van der Waals surface area contributed by atoms with E-state index in [0.717, 1.165) is 45.6 Å². The molecule has 16 nitrogen and oxygen atoms in total. The van der Waals surface area contributed by atoms with Crippen LogP contribution in [-0.2, 0) is 29.1 Å². The van der Waals surface area contributed by atoms with Crippen molar-refractivity contribution >= 4 is 40.0 Å². The number of anilines is 3. The van der Waals surface area contributed by atoms with Gasteiger partial charge in [-0.15, -0.1) is 5.10 Å². The van der Waals surface area contributed by atoms with E-state index in [1.165, 1.54) is 16.7 Å². The lowest BCUT2D eigenvalue weighted by atomic mass is 9.98. The van der Waals surface area contributed by atoms with Gasteiger partial charge in [-0.05, 0) is 59.2 Å². The van der Waals surface area contributed by atoms with Crippen LogP contribution in [0.25, 0.3) is 27.8 Å². The fourth-order valence-electron chi connectivity index (χ4n) is 8.44. The number of phenols is 2. The monoisotopic (exact) mass is 847 g/mol. The molecule has 8 rings (SSSR count). The highest BCUT2D eigenvalue weighted by atomic mass is 16.3. The van der Waals surface area contributed by atoms with E-state index in [2.05, 4.69) is 73.6 Å². The topological polar surface area (TPSA) is 209 Å². The van der Waals surface area contributed by atoms with Crippen molar-refractivity contribution in [2.45, 2.75) is 58.2 Å². The Morgan fingerprint density at radius 2 is 1.75 bits per heavy atom. The molecule has 1 fully saturated rings. The molecule has 2 aliphatic heterocycles. The first kappa shape index (κ1) is 42.0. The summed E-state index contributed by atoms with van der Waals surface area (Å²) in [5.74, 6) is 0.712. The molecule has 0 saturated carbocycles. The van der Waals surface area contributed by atoms with Gasteiger partial charge in [-0.25, -0.2) is 9.55 Å². The molecule has 1 saturated heterocycles. The van der Waals surface area contributed by atoms with E-state index in [1.54, 1.807) is 23.1 Å². The zero-order chi connectivity index (χ0) is 44.2. The first-order chi connectivity index (χ1) is 30.5. The van der Waals surface area contributed by atoms with Gasteiger partial charge in [0.2, 0.25) is 17.8 Å². The summed E-state index contributed by atoms with van der Waals surface area (Å²) in [6.07, 6.45) is 2.33. The van der Waals surface area contributed by atoms with E-state index in [-0.39, 0.29) is 73.0 Å². The van der Waals surface area contributed by atoms with Crippen LogP contribution < -0.4 is 20.4 Å². The van der Waals surface area contributed by atoms with Gasteiger partial charge in [0, 0.05) is 68.4 Å². The standard InChI is InChI=1S/C47H49N11O5/c1-4-43(62)57-23-22-56(27-33(57)16-19-48)44-35-18-21-55(39-11-7-9-31-8-5-6-10-34(31)39)28-38(35)51-46(52-44)49-20-17-42(61)50-26-30-12-14-32(15-13-30)58-45(53-54-47(58)63)37-24-36(29(2)3)40(59)25-41(37)60/h4-15,24-25,29,33,59-60H,1,16-18,20-23,26-28H2,2-3H3,(H,50,61)(H,54,63)(H,49,51,52). The van der Waals surface area contributed by atoms with Crippen LogP contribution in [0.15, 0.2) is 91.5 Å². The average molecular weight is 848 g/mol. The molecule has 0 bridgehead atoms. The van der Waals surface area contributed by atoms with Crippen molar-refractivity contribution in [1.29, 1.82) is 5.26 Å². The minimum absolute atomic E-state index is 0.0308. The Hall–Kier alpha value is -7.67. The largest absolute Gasteiger partial charge is 0.508 e. The van der Waals surface area contributed by atoms with Crippen molar-refractivity contribution in [3.63, 3.8) is 0 Å². The highest BCUT2D eigenvalue weighted by Crippen LogP contribution is 2.39. The fraction of sp³-hybridized carbons (Fsp3) is 0.298. The summed E-state index contributed by atoms with van der Waals surface area (Å²) < 4.78 is 1.40. The maximum atomic E-state index is 13.1. The van der Waals surface area contributed by atoms with Gasteiger partial charge in [-0.3, -0.25) is 9.59 Å². The van der Waals surface area contributed by atoms with Gasteiger partial charge < -0.3 is 40.7 Å². The Morgan fingerprint density at radius 3 is 2.52 bits per heavy atom. The summed E-state index contributed by atoms with van der Waals surface area (Å²) in [4.78, 5) is 42.0. The zero-order valence-electron chi connectivity index (χ0n) is 35.2. The number of nitrogens with one attached hydrogen (secondary N) is 2. The van der Waals surface area contributed by atoms with Crippen LogP contribution in [0.3, 0.4) is 0 Å². The minimum atomic E-state index is -0.375. The van der Waals surface area contributed by atoms with Gasteiger partial charge in [0.25, 0.3) is 0 Å². The molecule has 2 aromatic heterocycles. The molecule has 5 N–H and O–H groups in total. The molecule has 322 valence electrons. The maximum absolute atomic E-state index is 13.1. The number of aromatic nitrogens is 5. The lowest BCUT2D eigenvalue weighted by Gasteiger charge is -2.42. The number of rotatable bonds is 13. The van der Waals surface area contributed by atoms with E-state index in [4.69, 9.17) is 9.97 Å². The van der Waals surface area contributed by atoms with Crippen LogP contribution in [0.5, 0.6) is 17.5 Å². The van der Waals surface area contributed by atoms with Crippen LogP contribution >= 0.6 is 0 Å². The van der Waals surface area contributed by atoms with Gasteiger partial charge in [-0.2, -0.15) is 10.2 Å². The predicted octanol–water partition coefficient (Wildman–Crippen LogP) is 5.92. The number of benzene rings is 4. The zero-order valence-corrected chi connectivity index (χ0v) is 35.2. The van der Waals surface area contributed by atoms with Crippen molar-refractivity contribution in [3.8, 4) is 40.7 Å². The molecule has 0 aliphatic carbocycles. The molecule has 4 heterocycles. The summed E-state index contributed by atoms with van der Waals surface area (Å²) >= 11 is 0. The van der Waals surface area contributed by atoms with Crippen molar-refractivity contribution in [2.75, 3.05) is 47.8 Å². The number of carbonyl (C=O) groups excluding carboxylic acids is 2. The molecular weight excluding hydrogens is 799 g/mol. The van der Waals surface area contributed by atoms with Crippen molar-refractivity contribution < 1.29 is 24.9 Å². The second-order valence-corrected chi connectivity index (χ2v) is 16.0. The normalized spacial score (nSPS) is 15.0. The lowest BCUT2D eigenvalue weighted by Crippen LogP contribution is -2.55. The highest BCUT2D eigenvalue weighted by Gasteiger charge is 2.33. The summed E-state index contributed by atoms with van der Waals surface area (Å²) in [6, 6.07) is 26.2. The molecule has 2 amide bonds. The second kappa shape index (κ2) is 18.1. The van der Waals surface area contributed by atoms with Crippen molar-refractivity contribution in [1.82, 2.24) is 34.9 Å². The SMILES string of the molecule is C=CC(=O)N1CCN(c2nc(NCCC(=O)NCc3ccc(-n4c(O)nnc4-c4cc(C(C)C)c(O)cc4O)cc3)nc3c2CCN(c2cccc4ccccc24)C3)CC1CC#N. The van der Waals surface area contributed by atoms with Crippen LogP contribution in [0.2, 0.25) is 0 Å². The van der Waals surface area contributed by atoms with Gasteiger partial charge in [0.1, 0.15) is 17.3 Å². The van der Waals surface area contributed by atoms with Gasteiger partial charge in [0.15, 0.2) is 5.82 Å². The van der Waals surface area contributed by atoms with Crippen LogP contribution in [0.4, 0.5) is 17.5 Å². The summed E-state index contributed by atoms with van der Waals surface area (Å²) in [5.41, 5.74) is 5.30.